The second kappa shape index (κ2) is 4.91. The van der Waals surface area contributed by atoms with E-state index in [-0.39, 0.29) is 0 Å². The third-order valence-corrected chi connectivity index (χ3v) is 2.25. The molecular formula is C12H16O6. The molecule has 0 spiro atoms. The molecule has 0 aliphatic heterocycles. The van der Waals surface area contributed by atoms with Crippen molar-refractivity contribution in [2.45, 2.75) is 32.0 Å². The normalized spacial score (nSPS) is 27.2. The molecule has 0 aromatic heterocycles. The highest BCUT2D eigenvalue weighted by molar-refractivity contribution is 5.89. The third kappa shape index (κ3) is 2.96. The first-order chi connectivity index (χ1) is 8.19. The van der Waals surface area contributed by atoms with Gasteiger partial charge in [0, 0.05) is 0 Å². The minimum absolute atomic E-state index is 0.749. The van der Waals surface area contributed by atoms with E-state index in [0.29, 0.717) is 0 Å². The number of aliphatic carboxylic acids is 2. The van der Waals surface area contributed by atoms with E-state index in [1.54, 1.807) is 20.8 Å². The monoisotopic (exact) mass is 256 g/mol. The van der Waals surface area contributed by atoms with Crippen LogP contribution < -0.4 is 0 Å². The van der Waals surface area contributed by atoms with E-state index in [9.17, 15) is 14.7 Å². The molecular weight excluding hydrogens is 240 g/mol. The number of rotatable bonds is 4. The molecule has 0 heterocycles. The van der Waals surface area contributed by atoms with Gasteiger partial charge in [0.25, 0.3) is 0 Å². The molecule has 0 saturated heterocycles. The van der Waals surface area contributed by atoms with Gasteiger partial charge < -0.3 is 10.2 Å². The topological polar surface area (TPSA) is 93.1 Å². The SMILES string of the molecule is CC(C)(C)OOC1(C(=O)O)C=CC=CC1C(=O)O. The summed E-state index contributed by atoms with van der Waals surface area (Å²) < 4.78 is 0. The van der Waals surface area contributed by atoms with Gasteiger partial charge in [0.1, 0.15) is 5.92 Å². The molecule has 0 fully saturated rings. The molecule has 2 unspecified atom stereocenters. The maximum atomic E-state index is 11.4. The Hall–Kier alpha value is -1.66. The molecule has 0 amide bonds. The van der Waals surface area contributed by atoms with Gasteiger partial charge >= 0.3 is 11.9 Å². The molecule has 0 saturated carbocycles. The predicted molar refractivity (Wildman–Crippen MR) is 61.7 cm³/mol. The first-order valence-corrected chi connectivity index (χ1v) is 5.38. The average molecular weight is 256 g/mol. The van der Waals surface area contributed by atoms with Crippen LogP contribution in [-0.2, 0) is 19.4 Å². The van der Waals surface area contributed by atoms with E-state index in [2.05, 4.69) is 0 Å². The molecule has 2 N–H and O–H groups in total. The van der Waals surface area contributed by atoms with Crippen LogP contribution in [0, 0.1) is 5.92 Å². The van der Waals surface area contributed by atoms with Gasteiger partial charge in [-0.25, -0.2) is 14.6 Å². The van der Waals surface area contributed by atoms with Crippen molar-refractivity contribution in [2.24, 2.45) is 5.92 Å². The van der Waals surface area contributed by atoms with Gasteiger partial charge in [0.05, 0.1) is 5.60 Å². The Labute approximate surface area is 104 Å². The molecule has 6 heteroatoms. The zero-order valence-electron chi connectivity index (χ0n) is 10.4. The summed E-state index contributed by atoms with van der Waals surface area (Å²) in [7, 11) is 0. The van der Waals surface area contributed by atoms with Crippen LogP contribution in [-0.4, -0.2) is 33.4 Å². The van der Waals surface area contributed by atoms with Crippen LogP contribution >= 0.6 is 0 Å². The predicted octanol–water partition coefficient (Wildman–Crippen LogP) is 1.38. The van der Waals surface area contributed by atoms with Crippen molar-refractivity contribution >= 4 is 11.9 Å². The van der Waals surface area contributed by atoms with Gasteiger partial charge in [0.15, 0.2) is 0 Å². The fraction of sp³-hybridized carbons (Fsp3) is 0.500. The lowest BCUT2D eigenvalue weighted by Gasteiger charge is -2.33. The fourth-order valence-electron chi connectivity index (χ4n) is 1.40. The van der Waals surface area contributed by atoms with Crippen LogP contribution in [0.2, 0.25) is 0 Å². The number of hydrogen-bond acceptors (Lipinski definition) is 4. The molecule has 2 atom stereocenters. The summed E-state index contributed by atoms with van der Waals surface area (Å²) in [6.07, 6.45) is 5.29. The molecule has 1 aliphatic rings. The molecule has 0 bridgehead atoms. The fourth-order valence-corrected chi connectivity index (χ4v) is 1.40. The highest BCUT2D eigenvalue weighted by Crippen LogP contribution is 2.31. The van der Waals surface area contributed by atoms with E-state index < -0.39 is 29.1 Å². The number of carboxylic acid groups (broad SMARTS) is 2. The Morgan fingerprint density at radius 1 is 1.22 bits per heavy atom. The Morgan fingerprint density at radius 3 is 2.28 bits per heavy atom. The summed E-state index contributed by atoms with van der Waals surface area (Å²) in [6, 6.07) is 0. The number of carboxylic acids is 2. The van der Waals surface area contributed by atoms with Crippen molar-refractivity contribution in [1.82, 2.24) is 0 Å². The maximum Gasteiger partial charge on any atom is 0.344 e. The lowest BCUT2D eigenvalue weighted by atomic mass is 9.84. The standard InChI is InChI=1S/C12H16O6/c1-11(2,3)17-18-12(10(15)16)7-5-4-6-8(12)9(13)14/h4-8H,1-3H3,(H,13,14)(H,15,16). The number of hydrogen-bond donors (Lipinski definition) is 2. The summed E-state index contributed by atoms with van der Waals surface area (Å²) in [5.74, 6) is -4.06. The quantitative estimate of drug-likeness (QED) is 0.583. The van der Waals surface area contributed by atoms with Crippen molar-refractivity contribution in [1.29, 1.82) is 0 Å². The van der Waals surface area contributed by atoms with E-state index in [4.69, 9.17) is 14.9 Å². The molecule has 1 aliphatic carbocycles. The van der Waals surface area contributed by atoms with Crippen LogP contribution in [0.25, 0.3) is 0 Å². The van der Waals surface area contributed by atoms with Crippen molar-refractivity contribution in [3.8, 4) is 0 Å². The van der Waals surface area contributed by atoms with E-state index >= 15 is 0 Å². The van der Waals surface area contributed by atoms with Crippen LogP contribution in [0.15, 0.2) is 24.3 Å². The van der Waals surface area contributed by atoms with Gasteiger partial charge in [0.2, 0.25) is 5.60 Å². The first-order valence-electron chi connectivity index (χ1n) is 5.38. The largest absolute Gasteiger partial charge is 0.481 e. The third-order valence-electron chi connectivity index (χ3n) is 2.25. The lowest BCUT2D eigenvalue weighted by Crippen LogP contribution is -2.51. The molecule has 6 nitrogen and oxygen atoms in total. The molecule has 18 heavy (non-hydrogen) atoms. The minimum atomic E-state index is -2.05. The summed E-state index contributed by atoms with van der Waals surface area (Å²) in [5, 5.41) is 18.3. The van der Waals surface area contributed by atoms with Crippen LogP contribution in [0.4, 0.5) is 0 Å². The Morgan fingerprint density at radius 2 is 1.83 bits per heavy atom. The van der Waals surface area contributed by atoms with Gasteiger partial charge in [-0.15, -0.1) is 0 Å². The summed E-state index contributed by atoms with van der Waals surface area (Å²) in [4.78, 5) is 32.4. The van der Waals surface area contributed by atoms with E-state index in [1.165, 1.54) is 24.3 Å². The molecule has 0 aromatic rings. The Balaban J connectivity index is 3.05. The highest BCUT2D eigenvalue weighted by Gasteiger charge is 2.51. The van der Waals surface area contributed by atoms with Gasteiger partial charge in [-0.05, 0) is 26.8 Å². The molecule has 100 valence electrons. The molecule has 0 radical (unpaired) electrons. The number of carbonyl (C=O) groups is 2. The zero-order valence-corrected chi connectivity index (χ0v) is 10.4. The van der Waals surface area contributed by atoms with Crippen molar-refractivity contribution < 1.29 is 29.6 Å². The lowest BCUT2D eigenvalue weighted by molar-refractivity contribution is -0.391. The summed E-state index contributed by atoms with van der Waals surface area (Å²) in [5.41, 5.74) is -2.80. The van der Waals surface area contributed by atoms with Crippen LogP contribution in [0.3, 0.4) is 0 Å². The first kappa shape index (κ1) is 14.4. The molecule has 0 aromatic carbocycles. The smallest absolute Gasteiger partial charge is 0.344 e. The van der Waals surface area contributed by atoms with Crippen molar-refractivity contribution in [3.63, 3.8) is 0 Å². The van der Waals surface area contributed by atoms with Crippen LogP contribution in [0.5, 0.6) is 0 Å². The minimum Gasteiger partial charge on any atom is -0.481 e. The Kier molecular flexibility index (Phi) is 3.93. The second-order valence-corrected chi connectivity index (χ2v) is 4.94. The van der Waals surface area contributed by atoms with Gasteiger partial charge in [-0.3, -0.25) is 4.79 Å². The zero-order chi connectivity index (χ0) is 14.0. The molecule has 1 rings (SSSR count). The highest BCUT2D eigenvalue weighted by atomic mass is 17.2. The van der Waals surface area contributed by atoms with Gasteiger partial charge in [-0.1, -0.05) is 18.2 Å². The van der Waals surface area contributed by atoms with Crippen molar-refractivity contribution in [2.75, 3.05) is 0 Å². The van der Waals surface area contributed by atoms with E-state index in [0.717, 1.165) is 0 Å². The van der Waals surface area contributed by atoms with Crippen molar-refractivity contribution in [3.05, 3.63) is 24.3 Å². The van der Waals surface area contributed by atoms with Gasteiger partial charge in [-0.2, -0.15) is 0 Å². The van der Waals surface area contributed by atoms with Crippen LogP contribution in [0.1, 0.15) is 20.8 Å². The maximum absolute atomic E-state index is 11.4. The van der Waals surface area contributed by atoms with E-state index in [1.807, 2.05) is 0 Å². The number of allylic oxidation sites excluding steroid dienone is 2. The average Bonchev–Trinajstić information content (AvgIpc) is 2.25. The Bertz CT molecular complexity index is 403. The summed E-state index contributed by atoms with van der Waals surface area (Å²) in [6.45, 7) is 5.00. The second-order valence-electron chi connectivity index (χ2n) is 4.94. The summed E-state index contributed by atoms with van der Waals surface area (Å²) >= 11 is 0.